The molecule has 0 fully saturated rings. The van der Waals surface area contributed by atoms with Crippen molar-refractivity contribution in [3.05, 3.63) is 54.1 Å². The van der Waals surface area contributed by atoms with Crippen LogP contribution < -0.4 is 19.7 Å². The minimum absolute atomic E-state index is 0.0470. The van der Waals surface area contributed by atoms with Gasteiger partial charge in [0, 0.05) is 30.6 Å². The highest BCUT2D eigenvalue weighted by atomic mass is 16.5. The van der Waals surface area contributed by atoms with Crippen LogP contribution in [0.5, 0.6) is 11.5 Å². The Bertz CT molecular complexity index is 893. The summed E-state index contributed by atoms with van der Waals surface area (Å²) in [7, 11) is 3.14. The summed E-state index contributed by atoms with van der Waals surface area (Å²) in [5.41, 5.74) is 1.50. The van der Waals surface area contributed by atoms with Gasteiger partial charge in [0.15, 0.2) is 0 Å². The molecule has 1 atom stereocenters. The van der Waals surface area contributed by atoms with Gasteiger partial charge in [-0.15, -0.1) is 0 Å². The van der Waals surface area contributed by atoms with Gasteiger partial charge in [-0.05, 0) is 37.3 Å². The van der Waals surface area contributed by atoms with Crippen LogP contribution in [0.1, 0.15) is 37.8 Å². The number of rotatable bonds is 10. The topological polar surface area (TPSA) is 91.7 Å². The number of nitriles is 1. The number of hydrogen-bond acceptors (Lipinski definition) is 5. The third kappa shape index (κ3) is 6.24. The molecule has 0 aliphatic carbocycles. The highest BCUT2D eigenvalue weighted by Gasteiger charge is 2.19. The summed E-state index contributed by atoms with van der Waals surface area (Å²) in [4.78, 5) is 26.7. The first-order chi connectivity index (χ1) is 14.5. The molecule has 0 heterocycles. The zero-order chi connectivity index (χ0) is 21.9. The smallest absolute Gasteiger partial charge is 0.227 e. The van der Waals surface area contributed by atoms with Crippen molar-refractivity contribution in [3.63, 3.8) is 0 Å². The first-order valence-corrected chi connectivity index (χ1v) is 9.73. The van der Waals surface area contributed by atoms with Crippen molar-refractivity contribution in [3.8, 4) is 17.6 Å². The van der Waals surface area contributed by atoms with Gasteiger partial charge in [-0.2, -0.15) is 5.26 Å². The number of nitrogens with one attached hydrogen (secondary N) is 1. The van der Waals surface area contributed by atoms with Crippen LogP contribution in [0.4, 0.5) is 5.69 Å². The quantitative estimate of drug-likeness (QED) is 0.647. The second kappa shape index (κ2) is 11.5. The van der Waals surface area contributed by atoms with Crippen LogP contribution >= 0.6 is 0 Å². The van der Waals surface area contributed by atoms with Crippen molar-refractivity contribution in [2.24, 2.45) is 0 Å². The van der Waals surface area contributed by atoms with E-state index in [9.17, 15) is 9.59 Å². The highest BCUT2D eigenvalue weighted by molar-refractivity contribution is 5.95. The first-order valence-electron chi connectivity index (χ1n) is 9.73. The number of carbonyl (C=O) groups excluding carboxylic acids is 2. The largest absolute Gasteiger partial charge is 0.497 e. The lowest BCUT2D eigenvalue weighted by atomic mass is 10.1. The number of ether oxygens (including phenoxy) is 2. The molecule has 2 amide bonds. The molecule has 0 saturated carbocycles. The van der Waals surface area contributed by atoms with Gasteiger partial charge in [-0.1, -0.05) is 18.2 Å². The molecule has 2 rings (SSSR count). The van der Waals surface area contributed by atoms with Crippen LogP contribution in [0.25, 0.3) is 0 Å². The van der Waals surface area contributed by atoms with E-state index >= 15 is 0 Å². The Hall–Kier alpha value is -3.53. The fraction of sp³-hybridized carbons (Fsp3) is 0.348. The second-order valence-corrected chi connectivity index (χ2v) is 6.69. The fourth-order valence-corrected chi connectivity index (χ4v) is 3.09. The minimum Gasteiger partial charge on any atom is -0.497 e. The third-order valence-electron chi connectivity index (χ3n) is 4.66. The second-order valence-electron chi connectivity index (χ2n) is 6.69. The number of amides is 2. The van der Waals surface area contributed by atoms with E-state index in [0.717, 1.165) is 5.56 Å². The van der Waals surface area contributed by atoms with Crippen LogP contribution in [-0.4, -0.2) is 32.6 Å². The Labute approximate surface area is 177 Å². The predicted octanol–water partition coefficient (Wildman–Crippen LogP) is 3.61. The van der Waals surface area contributed by atoms with Gasteiger partial charge < -0.3 is 19.7 Å². The van der Waals surface area contributed by atoms with E-state index in [1.165, 1.54) is 0 Å². The van der Waals surface area contributed by atoms with Crippen molar-refractivity contribution in [2.75, 3.05) is 25.7 Å². The van der Waals surface area contributed by atoms with Crippen LogP contribution in [-0.2, 0) is 9.59 Å². The Morgan fingerprint density at radius 3 is 2.47 bits per heavy atom. The summed E-state index contributed by atoms with van der Waals surface area (Å²) in [6, 6.07) is 16.3. The maximum Gasteiger partial charge on any atom is 0.227 e. The Morgan fingerprint density at radius 1 is 1.10 bits per heavy atom. The lowest BCUT2D eigenvalue weighted by Crippen LogP contribution is -2.33. The Morgan fingerprint density at radius 2 is 1.83 bits per heavy atom. The number of methoxy groups -OCH3 is 2. The van der Waals surface area contributed by atoms with E-state index in [-0.39, 0.29) is 37.1 Å². The summed E-state index contributed by atoms with van der Waals surface area (Å²) < 4.78 is 10.6. The minimum atomic E-state index is -0.318. The van der Waals surface area contributed by atoms with Crippen molar-refractivity contribution >= 4 is 17.5 Å². The summed E-state index contributed by atoms with van der Waals surface area (Å²) >= 11 is 0. The van der Waals surface area contributed by atoms with Gasteiger partial charge in [0.2, 0.25) is 11.8 Å². The number of nitrogens with zero attached hydrogens (tertiary/aromatic N) is 2. The number of carbonyl (C=O) groups is 2. The van der Waals surface area contributed by atoms with Crippen LogP contribution in [0.3, 0.4) is 0 Å². The van der Waals surface area contributed by atoms with Gasteiger partial charge in [-0.25, -0.2) is 0 Å². The molecular weight excluding hydrogens is 382 g/mol. The van der Waals surface area contributed by atoms with E-state index in [0.29, 0.717) is 23.7 Å². The molecule has 2 aromatic carbocycles. The van der Waals surface area contributed by atoms with E-state index < -0.39 is 0 Å². The van der Waals surface area contributed by atoms with E-state index in [1.54, 1.807) is 31.3 Å². The zero-order valence-corrected chi connectivity index (χ0v) is 17.6. The van der Waals surface area contributed by atoms with Gasteiger partial charge in [0.05, 0.1) is 32.8 Å². The Kier molecular flexibility index (Phi) is 8.70. The molecule has 0 aromatic heterocycles. The summed E-state index contributed by atoms with van der Waals surface area (Å²) in [5.74, 6) is 0.872. The van der Waals surface area contributed by atoms with Gasteiger partial charge in [-0.3, -0.25) is 9.59 Å². The molecule has 7 nitrogen and oxygen atoms in total. The molecule has 0 spiro atoms. The molecule has 1 N–H and O–H groups in total. The molecule has 0 saturated heterocycles. The van der Waals surface area contributed by atoms with Crippen molar-refractivity contribution in [1.82, 2.24) is 5.32 Å². The van der Waals surface area contributed by atoms with Crippen molar-refractivity contribution < 1.29 is 19.1 Å². The summed E-state index contributed by atoms with van der Waals surface area (Å²) in [5, 5.41) is 11.8. The lowest BCUT2D eigenvalue weighted by Gasteiger charge is -2.22. The summed E-state index contributed by atoms with van der Waals surface area (Å²) in [6.45, 7) is 2.14. The fourth-order valence-electron chi connectivity index (χ4n) is 3.09. The first kappa shape index (κ1) is 22.8. The van der Waals surface area contributed by atoms with Crippen LogP contribution in [0, 0.1) is 11.3 Å². The standard InChI is InChI=1S/C23H27N3O4/c1-17(20-16-19(29-2)10-11-21(20)30-3)25-22(27)12-13-23(28)26(15-7-14-24)18-8-5-4-6-9-18/h4-6,8-11,16-17H,7,12-13,15H2,1-3H3,(H,25,27). The van der Waals surface area contributed by atoms with Gasteiger partial charge >= 0.3 is 0 Å². The van der Waals surface area contributed by atoms with Crippen LogP contribution in [0.2, 0.25) is 0 Å². The van der Waals surface area contributed by atoms with E-state index in [4.69, 9.17) is 14.7 Å². The molecule has 30 heavy (non-hydrogen) atoms. The molecular formula is C23H27N3O4. The van der Waals surface area contributed by atoms with E-state index in [2.05, 4.69) is 11.4 Å². The monoisotopic (exact) mass is 409 g/mol. The molecule has 2 aromatic rings. The average Bonchev–Trinajstić information content (AvgIpc) is 2.78. The SMILES string of the molecule is COc1ccc(OC)c(C(C)NC(=O)CCC(=O)N(CCC#N)c2ccccc2)c1. The molecule has 158 valence electrons. The number of anilines is 1. The molecule has 0 radical (unpaired) electrons. The third-order valence-corrected chi connectivity index (χ3v) is 4.66. The maximum absolute atomic E-state index is 12.7. The predicted molar refractivity (Wildman–Crippen MR) is 114 cm³/mol. The highest BCUT2D eigenvalue weighted by Crippen LogP contribution is 2.29. The molecule has 0 aliphatic heterocycles. The van der Waals surface area contributed by atoms with Crippen molar-refractivity contribution in [1.29, 1.82) is 5.26 Å². The number of hydrogen-bond donors (Lipinski definition) is 1. The Balaban J connectivity index is 1.99. The number of para-hydroxylation sites is 1. The zero-order valence-electron chi connectivity index (χ0n) is 17.6. The molecule has 7 heteroatoms. The maximum atomic E-state index is 12.7. The van der Waals surface area contributed by atoms with Crippen molar-refractivity contribution in [2.45, 2.75) is 32.2 Å². The number of benzene rings is 2. The van der Waals surface area contributed by atoms with Crippen LogP contribution in [0.15, 0.2) is 48.5 Å². The van der Waals surface area contributed by atoms with E-state index in [1.807, 2.05) is 43.3 Å². The molecule has 0 bridgehead atoms. The normalized spacial score (nSPS) is 11.1. The van der Waals surface area contributed by atoms with Gasteiger partial charge in [0.25, 0.3) is 0 Å². The average molecular weight is 409 g/mol. The lowest BCUT2D eigenvalue weighted by molar-refractivity contribution is -0.125. The summed E-state index contributed by atoms with van der Waals surface area (Å²) in [6.07, 6.45) is 0.318. The molecule has 0 aliphatic rings. The van der Waals surface area contributed by atoms with Gasteiger partial charge in [0.1, 0.15) is 11.5 Å². The molecule has 1 unspecified atom stereocenters.